The minimum Gasteiger partial charge on any atom is -0.343 e. The first-order valence-electron chi connectivity index (χ1n) is 7.95. The zero-order valence-corrected chi connectivity index (χ0v) is 13.5. The van der Waals surface area contributed by atoms with Gasteiger partial charge >= 0.3 is 0 Å². The van der Waals surface area contributed by atoms with Crippen molar-refractivity contribution >= 4 is 17.2 Å². The van der Waals surface area contributed by atoms with Crippen LogP contribution in [0.25, 0.3) is 10.6 Å². The number of hydrogen-bond donors (Lipinski definition) is 0. The Morgan fingerprint density at radius 2 is 2.05 bits per heavy atom. The Hall–Kier alpha value is -1.75. The second kappa shape index (κ2) is 7.49. The highest BCUT2D eigenvalue weighted by Gasteiger charge is 2.15. The van der Waals surface area contributed by atoms with Crippen molar-refractivity contribution in [3.8, 4) is 10.6 Å². The van der Waals surface area contributed by atoms with E-state index in [1.54, 1.807) is 17.5 Å². The van der Waals surface area contributed by atoms with Crippen molar-refractivity contribution in [2.45, 2.75) is 38.5 Å². The van der Waals surface area contributed by atoms with Gasteiger partial charge in [0.25, 0.3) is 0 Å². The van der Waals surface area contributed by atoms with Crippen LogP contribution in [-0.4, -0.2) is 33.9 Å². The summed E-state index contributed by atoms with van der Waals surface area (Å²) in [5, 5.41) is 3.03. The Morgan fingerprint density at radius 1 is 1.23 bits per heavy atom. The number of thiazole rings is 1. The first-order valence-corrected chi connectivity index (χ1v) is 8.83. The fraction of sp³-hybridized carbons (Fsp3) is 0.471. The van der Waals surface area contributed by atoms with Crippen molar-refractivity contribution < 1.29 is 4.79 Å². The van der Waals surface area contributed by atoms with Crippen molar-refractivity contribution in [1.82, 2.24) is 14.9 Å². The average Bonchev–Trinajstić information content (AvgIpc) is 2.87. The lowest BCUT2D eigenvalue weighted by atomic mass is 10.2. The molecule has 116 valence electrons. The largest absolute Gasteiger partial charge is 0.343 e. The second-order valence-electron chi connectivity index (χ2n) is 5.68. The van der Waals surface area contributed by atoms with Gasteiger partial charge in [-0.05, 0) is 31.4 Å². The molecule has 0 saturated carbocycles. The van der Waals surface area contributed by atoms with Crippen LogP contribution in [0.15, 0.2) is 29.9 Å². The lowest BCUT2D eigenvalue weighted by molar-refractivity contribution is -0.131. The summed E-state index contributed by atoms with van der Waals surface area (Å²) >= 11 is 1.62. The molecule has 3 heterocycles. The van der Waals surface area contributed by atoms with Gasteiger partial charge in [0.2, 0.25) is 5.91 Å². The van der Waals surface area contributed by atoms with Gasteiger partial charge in [0, 0.05) is 42.8 Å². The predicted octanol–water partition coefficient (Wildman–Crippen LogP) is 3.54. The molecule has 1 saturated heterocycles. The molecule has 0 bridgehead atoms. The van der Waals surface area contributed by atoms with E-state index in [1.807, 2.05) is 23.2 Å². The summed E-state index contributed by atoms with van der Waals surface area (Å²) in [6, 6.07) is 3.93. The number of hydrogen-bond acceptors (Lipinski definition) is 4. The smallest absolute Gasteiger partial charge is 0.222 e. The van der Waals surface area contributed by atoms with Crippen molar-refractivity contribution in [3.05, 3.63) is 35.6 Å². The van der Waals surface area contributed by atoms with Crippen LogP contribution < -0.4 is 0 Å². The van der Waals surface area contributed by atoms with E-state index in [0.29, 0.717) is 6.42 Å². The molecule has 0 radical (unpaired) electrons. The van der Waals surface area contributed by atoms with Crippen LogP contribution in [0.3, 0.4) is 0 Å². The standard InChI is InChI=1S/C17H21N3OS/c21-16(20-10-3-1-2-4-11-20)8-7-15-13-22-17(19-15)14-6-5-9-18-12-14/h5-6,9,12-13H,1-4,7-8,10-11H2. The number of nitrogens with zero attached hydrogens (tertiary/aromatic N) is 3. The summed E-state index contributed by atoms with van der Waals surface area (Å²) in [5.41, 5.74) is 2.05. The van der Waals surface area contributed by atoms with E-state index in [1.165, 1.54) is 12.8 Å². The normalized spacial score (nSPS) is 15.5. The molecule has 1 aliphatic heterocycles. The lowest BCUT2D eigenvalue weighted by Gasteiger charge is -2.19. The number of aryl methyl sites for hydroxylation is 1. The van der Waals surface area contributed by atoms with Gasteiger partial charge in [0.15, 0.2) is 0 Å². The molecule has 0 N–H and O–H groups in total. The molecule has 4 nitrogen and oxygen atoms in total. The second-order valence-corrected chi connectivity index (χ2v) is 6.54. The summed E-state index contributed by atoms with van der Waals surface area (Å²) in [7, 11) is 0. The number of aromatic nitrogens is 2. The maximum atomic E-state index is 12.3. The van der Waals surface area contributed by atoms with E-state index in [9.17, 15) is 4.79 Å². The van der Waals surface area contributed by atoms with Gasteiger partial charge in [-0.25, -0.2) is 4.98 Å². The molecular weight excluding hydrogens is 294 g/mol. The Kier molecular flexibility index (Phi) is 5.16. The van der Waals surface area contributed by atoms with Gasteiger partial charge in [0.05, 0.1) is 5.69 Å². The highest BCUT2D eigenvalue weighted by Crippen LogP contribution is 2.23. The van der Waals surface area contributed by atoms with Gasteiger partial charge in [-0.3, -0.25) is 9.78 Å². The van der Waals surface area contributed by atoms with Crippen LogP contribution in [0.4, 0.5) is 0 Å². The Labute approximate surface area is 135 Å². The number of likely N-dealkylation sites (tertiary alicyclic amines) is 1. The zero-order chi connectivity index (χ0) is 15.2. The van der Waals surface area contributed by atoms with Gasteiger partial charge in [0.1, 0.15) is 5.01 Å². The SMILES string of the molecule is O=C(CCc1csc(-c2cccnc2)n1)N1CCCCCC1. The van der Waals surface area contributed by atoms with E-state index < -0.39 is 0 Å². The topological polar surface area (TPSA) is 46.1 Å². The van der Waals surface area contributed by atoms with Crippen LogP contribution in [0.1, 0.15) is 37.8 Å². The molecule has 1 fully saturated rings. The van der Waals surface area contributed by atoms with Crippen molar-refractivity contribution in [2.75, 3.05) is 13.1 Å². The number of carbonyl (C=O) groups is 1. The molecule has 2 aromatic rings. The zero-order valence-electron chi connectivity index (χ0n) is 12.7. The molecule has 0 aliphatic carbocycles. The summed E-state index contributed by atoms with van der Waals surface area (Å²) in [4.78, 5) is 23.1. The van der Waals surface area contributed by atoms with Gasteiger partial charge in [-0.15, -0.1) is 11.3 Å². The van der Waals surface area contributed by atoms with Crippen molar-refractivity contribution in [2.24, 2.45) is 0 Å². The minimum absolute atomic E-state index is 0.276. The first-order chi connectivity index (χ1) is 10.8. The molecule has 0 aromatic carbocycles. The van der Waals surface area contributed by atoms with Gasteiger partial charge in [-0.2, -0.15) is 0 Å². The van der Waals surface area contributed by atoms with E-state index in [2.05, 4.69) is 15.3 Å². The first kappa shape index (κ1) is 15.2. The molecule has 2 aromatic heterocycles. The van der Waals surface area contributed by atoms with Gasteiger partial charge in [-0.1, -0.05) is 12.8 Å². The van der Waals surface area contributed by atoms with Crippen LogP contribution in [0.5, 0.6) is 0 Å². The van der Waals surface area contributed by atoms with Crippen molar-refractivity contribution in [1.29, 1.82) is 0 Å². The van der Waals surface area contributed by atoms with Gasteiger partial charge < -0.3 is 4.90 Å². The third-order valence-electron chi connectivity index (χ3n) is 4.01. The average molecular weight is 315 g/mol. The fourth-order valence-electron chi connectivity index (χ4n) is 2.76. The molecule has 3 rings (SSSR count). The van der Waals surface area contributed by atoms with E-state index >= 15 is 0 Å². The van der Waals surface area contributed by atoms with E-state index in [-0.39, 0.29) is 5.91 Å². The van der Waals surface area contributed by atoms with E-state index in [4.69, 9.17) is 0 Å². The van der Waals surface area contributed by atoms with E-state index in [0.717, 1.165) is 48.6 Å². The molecule has 1 aliphatic rings. The van der Waals surface area contributed by atoms with Crippen molar-refractivity contribution in [3.63, 3.8) is 0 Å². The summed E-state index contributed by atoms with van der Waals surface area (Å²) in [6.07, 6.45) is 9.68. The maximum Gasteiger partial charge on any atom is 0.222 e. The number of amides is 1. The number of rotatable bonds is 4. The third-order valence-corrected chi connectivity index (χ3v) is 4.95. The highest BCUT2D eigenvalue weighted by molar-refractivity contribution is 7.13. The quantitative estimate of drug-likeness (QED) is 0.867. The van der Waals surface area contributed by atoms with Crippen LogP contribution in [-0.2, 0) is 11.2 Å². The summed E-state index contributed by atoms with van der Waals surface area (Å²) < 4.78 is 0. The predicted molar refractivity (Wildman–Crippen MR) is 88.7 cm³/mol. The molecule has 5 heteroatoms. The van der Waals surface area contributed by atoms with Crippen LogP contribution in [0.2, 0.25) is 0 Å². The summed E-state index contributed by atoms with van der Waals surface area (Å²) in [6.45, 7) is 1.85. The van der Waals surface area contributed by atoms with Crippen LogP contribution in [0, 0.1) is 0 Å². The fourth-order valence-corrected chi connectivity index (χ4v) is 3.60. The molecule has 0 atom stereocenters. The number of carbonyl (C=O) groups excluding carboxylic acids is 1. The summed E-state index contributed by atoms with van der Waals surface area (Å²) in [5.74, 6) is 0.276. The third kappa shape index (κ3) is 3.91. The molecular formula is C17H21N3OS. The van der Waals surface area contributed by atoms with Crippen LogP contribution >= 0.6 is 11.3 Å². The molecule has 0 spiro atoms. The molecule has 22 heavy (non-hydrogen) atoms. The Bertz CT molecular complexity index is 603. The number of pyridine rings is 1. The molecule has 0 unspecified atom stereocenters. The Balaban J connectivity index is 1.55. The minimum atomic E-state index is 0.276. The molecule has 1 amide bonds. The monoisotopic (exact) mass is 315 g/mol. The highest BCUT2D eigenvalue weighted by atomic mass is 32.1. The maximum absolute atomic E-state index is 12.3. The Morgan fingerprint density at radius 3 is 2.77 bits per heavy atom. The lowest BCUT2D eigenvalue weighted by Crippen LogP contribution is -2.31.